The molecule has 0 unspecified atom stereocenters. The summed E-state index contributed by atoms with van der Waals surface area (Å²) >= 11 is 0. The van der Waals surface area contributed by atoms with Gasteiger partial charge in [-0.3, -0.25) is 0 Å². The Kier molecular flexibility index (Phi) is 99.9. The van der Waals surface area contributed by atoms with Crippen molar-refractivity contribution in [1.29, 1.82) is 0 Å². The molecule has 9 heteroatoms. The fourth-order valence-corrected chi connectivity index (χ4v) is 0. The van der Waals surface area contributed by atoms with Crippen LogP contribution in [0.3, 0.4) is 0 Å². The second-order valence-corrected chi connectivity index (χ2v) is 0.575. The van der Waals surface area contributed by atoms with E-state index in [9.17, 15) is 0 Å². The average molecular weight is 216 g/mol. The molecule has 0 atom stereocenters. The van der Waals surface area contributed by atoms with Gasteiger partial charge in [-0.15, -0.1) is 0 Å². The summed E-state index contributed by atoms with van der Waals surface area (Å²) in [6, 6.07) is 0. The fourth-order valence-electron chi connectivity index (χ4n) is 0. The van der Waals surface area contributed by atoms with Gasteiger partial charge in [-0.05, 0) is 0 Å². The second kappa shape index (κ2) is 22.8. The van der Waals surface area contributed by atoms with Crippen LogP contribution in [0, 0.1) is 0 Å². The third-order valence-corrected chi connectivity index (χ3v) is 0.167. The number of rotatable bonds is 0. The summed E-state index contributed by atoms with van der Waals surface area (Å²) in [5.41, 5.74) is 0. The van der Waals surface area contributed by atoms with Crippen molar-refractivity contribution >= 4 is 11.9 Å². The Morgan fingerprint density at radius 3 is 0.909 bits per heavy atom. The normalized spacial score (nSPS) is 4.00. The zero-order chi connectivity index (χ0) is 5.15. The van der Waals surface area contributed by atoms with Crippen molar-refractivity contribution in [2.24, 2.45) is 0 Å². The van der Waals surface area contributed by atoms with Crippen LogP contribution < -0.4 is 16.4 Å². The van der Waals surface area contributed by atoms with Crippen molar-refractivity contribution in [2.75, 3.05) is 0 Å². The zero-order valence-electron chi connectivity index (χ0n) is 5.49. The van der Waals surface area contributed by atoms with Crippen LogP contribution in [0.25, 0.3) is 0 Å². The number of hydrogen-bond donors (Lipinski definition) is 1. The zero-order valence-corrected chi connectivity index (χ0v) is 6.59. The van der Waals surface area contributed by atoms with Crippen molar-refractivity contribution < 1.29 is 53.3 Å². The summed E-state index contributed by atoms with van der Waals surface area (Å²) < 4.78 is 0. The molecule has 0 amide bonds. The first-order chi connectivity index (χ1) is 2.64. The molecule has 0 aromatic heterocycles. The maximum absolute atomic E-state index is 8.93. The molecule has 8 nitrogen and oxygen atoms in total. The summed E-state index contributed by atoms with van der Waals surface area (Å²) in [7, 11) is 0. The predicted octanol–water partition coefficient (Wildman–Crippen LogP) is -5.61. The van der Waals surface area contributed by atoms with Gasteiger partial charge in [-0.2, -0.15) is 0 Å². The first kappa shape index (κ1) is 48.2. The molecule has 0 radical (unpaired) electrons. The molecule has 11 heavy (non-hydrogen) atoms. The van der Waals surface area contributed by atoms with E-state index in [1.165, 1.54) is 0 Å². The van der Waals surface area contributed by atoms with Crippen LogP contribution in [-0.4, -0.2) is 28.4 Å². The van der Waals surface area contributed by atoms with Crippen LogP contribution in [0.1, 0.15) is 0 Å². The molecular weight excluding hydrogens is 206 g/mol. The number of hydrogen-bond acceptors (Lipinski definition) is 4. The Bertz CT molecular complexity index is 82.4. The molecule has 10 N–H and O–H groups in total. The quantitative estimate of drug-likeness (QED) is 0.309. The SMILES string of the molecule is O.O.O.O=C([O-])C(=O)[O-].[Fe].[NH4+]. The van der Waals surface area contributed by atoms with Crippen LogP contribution in [0.5, 0.6) is 0 Å². The van der Waals surface area contributed by atoms with Gasteiger partial charge in [0.25, 0.3) is 0 Å². The van der Waals surface area contributed by atoms with E-state index in [2.05, 4.69) is 0 Å². The van der Waals surface area contributed by atoms with Crippen molar-refractivity contribution in [3.05, 3.63) is 0 Å². The van der Waals surface area contributed by atoms with E-state index < -0.39 is 11.9 Å². The van der Waals surface area contributed by atoms with E-state index >= 15 is 0 Å². The fraction of sp³-hybridized carbons (Fsp3) is 0. The van der Waals surface area contributed by atoms with Crippen LogP contribution in [0.4, 0.5) is 0 Å². The van der Waals surface area contributed by atoms with Gasteiger partial charge < -0.3 is 42.4 Å². The van der Waals surface area contributed by atoms with Crippen molar-refractivity contribution in [2.45, 2.75) is 0 Å². The average Bonchev–Trinajstić information content (AvgIpc) is 1.36. The topological polar surface area (TPSA) is 211 Å². The standard InChI is InChI=1S/C2H2O4.Fe.H3N.3H2O/c3-1(4)2(5)6;;;;;/h(H,3,4)(H,5,6);;1H3;3*1H2/p-1. The summed E-state index contributed by atoms with van der Waals surface area (Å²) in [6.07, 6.45) is 0. The van der Waals surface area contributed by atoms with Crippen LogP contribution in [0.2, 0.25) is 0 Å². The Balaban J connectivity index is -0.0000000125. The number of carbonyl (C=O) groups excluding carboxylic acids is 2. The monoisotopic (exact) mass is 216 g/mol. The third-order valence-electron chi connectivity index (χ3n) is 0.167. The Morgan fingerprint density at radius 2 is 0.909 bits per heavy atom. The minimum Gasteiger partial charge on any atom is -0.543 e. The molecule has 0 saturated heterocycles. The summed E-state index contributed by atoms with van der Waals surface area (Å²) in [6.45, 7) is 0. The Morgan fingerprint density at radius 1 is 0.818 bits per heavy atom. The first-order valence-electron chi connectivity index (χ1n) is 1.07. The molecule has 0 spiro atoms. The number of carboxylic acids is 2. The minimum absolute atomic E-state index is 0. The molecule has 0 aromatic rings. The minimum atomic E-state index is -2.19. The summed E-state index contributed by atoms with van der Waals surface area (Å²) in [4.78, 5) is 17.9. The van der Waals surface area contributed by atoms with Gasteiger partial charge in [0.1, 0.15) is 0 Å². The van der Waals surface area contributed by atoms with Crippen LogP contribution in [0.15, 0.2) is 0 Å². The first-order valence-corrected chi connectivity index (χ1v) is 1.07. The molecule has 0 saturated carbocycles. The molecule has 0 bridgehead atoms. The molecule has 0 aliphatic rings. The van der Waals surface area contributed by atoms with E-state index in [4.69, 9.17) is 19.8 Å². The smallest absolute Gasteiger partial charge is 0.0870 e. The number of carbonyl (C=O) groups is 2. The largest absolute Gasteiger partial charge is 0.543 e. The Hall–Kier alpha value is -0.701. The predicted molar refractivity (Wildman–Crippen MR) is 26.8 cm³/mol. The van der Waals surface area contributed by atoms with Crippen LogP contribution in [-0.2, 0) is 26.7 Å². The molecule has 0 aliphatic heterocycles. The van der Waals surface area contributed by atoms with Gasteiger partial charge in [-0.25, -0.2) is 0 Å². The van der Waals surface area contributed by atoms with Gasteiger partial charge >= 0.3 is 0 Å². The van der Waals surface area contributed by atoms with E-state index in [0.717, 1.165) is 0 Å². The van der Waals surface area contributed by atoms with E-state index in [1.54, 1.807) is 0 Å². The summed E-state index contributed by atoms with van der Waals surface area (Å²) in [5, 5.41) is 17.9. The molecule has 0 aliphatic carbocycles. The molecular formula is C2H10FeNO7-. The molecule has 0 heterocycles. The number of carboxylic acid groups (broad SMARTS) is 2. The molecule has 0 aromatic carbocycles. The van der Waals surface area contributed by atoms with Crippen molar-refractivity contribution in [3.8, 4) is 0 Å². The summed E-state index contributed by atoms with van der Waals surface area (Å²) in [5.74, 6) is -4.37. The maximum atomic E-state index is 8.93. The second-order valence-electron chi connectivity index (χ2n) is 0.575. The van der Waals surface area contributed by atoms with Gasteiger partial charge in [0.2, 0.25) is 0 Å². The van der Waals surface area contributed by atoms with E-state index in [1.807, 2.05) is 0 Å². The number of quaternary nitrogens is 1. The van der Waals surface area contributed by atoms with Crippen molar-refractivity contribution in [3.63, 3.8) is 0 Å². The van der Waals surface area contributed by atoms with Crippen LogP contribution >= 0.6 is 0 Å². The Labute approximate surface area is 72.2 Å². The van der Waals surface area contributed by atoms with E-state index in [-0.39, 0.29) is 39.6 Å². The molecule has 0 fully saturated rings. The van der Waals surface area contributed by atoms with Gasteiger partial charge in [0, 0.05) is 17.1 Å². The molecule has 0 rings (SSSR count). The van der Waals surface area contributed by atoms with Gasteiger partial charge in [0.15, 0.2) is 0 Å². The third kappa shape index (κ3) is 45.5. The van der Waals surface area contributed by atoms with Gasteiger partial charge in [0.05, 0.1) is 11.9 Å². The van der Waals surface area contributed by atoms with Gasteiger partial charge in [-0.1, -0.05) is 0 Å². The van der Waals surface area contributed by atoms with Crippen molar-refractivity contribution in [1.82, 2.24) is 6.15 Å². The van der Waals surface area contributed by atoms with E-state index in [0.29, 0.717) is 0 Å². The molecule has 74 valence electrons. The number of aliphatic carboxylic acids is 2. The maximum Gasteiger partial charge on any atom is 0.0870 e.